The van der Waals surface area contributed by atoms with Crippen LogP contribution >= 0.6 is 0 Å². The second kappa shape index (κ2) is 10.6. The summed E-state index contributed by atoms with van der Waals surface area (Å²) in [6, 6.07) is 4.97. The Morgan fingerprint density at radius 3 is 2.49 bits per heavy atom. The van der Waals surface area contributed by atoms with Crippen LogP contribution in [0.5, 0.6) is 0 Å². The molecule has 1 amide bonds. The molecule has 0 spiro atoms. The zero-order chi connectivity index (χ0) is 26.9. The first-order chi connectivity index (χ1) is 17.5. The Kier molecular flexibility index (Phi) is 7.62. The number of pyridine rings is 1. The van der Waals surface area contributed by atoms with Gasteiger partial charge in [-0.25, -0.2) is 23.7 Å². The highest BCUT2D eigenvalue weighted by Crippen LogP contribution is 2.33. The first kappa shape index (κ1) is 26.7. The number of aromatic nitrogens is 3. The van der Waals surface area contributed by atoms with E-state index in [9.17, 15) is 31.3 Å². The standard InChI is InChI=1S/C23H21F5N6O2S/c1-12-17(25)7-19(34(12)37(36)20-5-3-16(24)11-30-20)21(35)31-8-14-6-13(2-4-18(14)29)15-9-32-22(33-10-15)23(26,27)28/h2-6,9-12,17,19H,7-8,29H2,1H3,(H,31,35)/t12-,17+,19-,37?/m0/s1. The highest BCUT2D eigenvalue weighted by Gasteiger charge is 2.50. The number of anilines is 1. The maximum Gasteiger partial charge on any atom is 0.451 e. The van der Waals surface area contributed by atoms with Gasteiger partial charge in [-0.1, -0.05) is 6.07 Å². The van der Waals surface area contributed by atoms with Crippen LogP contribution in [0.15, 0.2) is 53.9 Å². The summed E-state index contributed by atoms with van der Waals surface area (Å²) < 4.78 is 80.2. The molecule has 1 aliphatic rings. The van der Waals surface area contributed by atoms with Crippen molar-refractivity contribution in [1.29, 1.82) is 0 Å². The number of nitrogens with zero attached hydrogens (tertiary/aromatic N) is 4. The van der Waals surface area contributed by atoms with Crippen molar-refractivity contribution in [1.82, 2.24) is 24.6 Å². The molecule has 3 N–H and O–H groups in total. The van der Waals surface area contributed by atoms with Crippen molar-refractivity contribution in [2.45, 2.75) is 49.3 Å². The zero-order valence-corrected chi connectivity index (χ0v) is 20.1. The summed E-state index contributed by atoms with van der Waals surface area (Å²) in [5.74, 6) is -2.50. The Labute approximate surface area is 211 Å². The van der Waals surface area contributed by atoms with Gasteiger partial charge in [-0.15, -0.1) is 4.31 Å². The van der Waals surface area contributed by atoms with Gasteiger partial charge in [0.25, 0.3) is 5.03 Å². The summed E-state index contributed by atoms with van der Waals surface area (Å²) in [7, 11) is 0. The Morgan fingerprint density at radius 1 is 1.16 bits per heavy atom. The third-order valence-electron chi connectivity index (χ3n) is 5.89. The maximum absolute atomic E-state index is 14.5. The molecule has 2 aromatic heterocycles. The number of rotatable bonds is 6. The predicted octanol–water partition coefficient (Wildman–Crippen LogP) is 3.42. The number of nitrogens with two attached hydrogens (primary N) is 1. The van der Waals surface area contributed by atoms with Gasteiger partial charge in [0.15, 0.2) is 0 Å². The molecule has 1 unspecified atom stereocenters. The van der Waals surface area contributed by atoms with Crippen molar-refractivity contribution >= 4 is 23.0 Å². The lowest BCUT2D eigenvalue weighted by Crippen LogP contribution is -2.48. The number of carbonyl (C=O) groups is 1. The summed E-state index contributed by atoms with van der Waals surface area (Å²) in [4.78, 5) is 23.5. The number of halogens is 5. The fourth-order valence-corrected chi connectivity index (χ4v) is 5.27. The SMILES string of the molecule is C[C@H]1[C@H](F)C[C@@H](C(=O)NCc2cc(-c3cnc(C(F)(F)F)nc3)ccc2N)N1[S+]([O-])c1ccc(F)cn1. The maximum atomic E-state index is 14.5. The molecule has 4 atom stereocenters. The lowest BCUT2D eigenvalue weighted by molar-refractivity contribution is -0.145. The van der Waals surface area contributed by atoms with Crippen LogP contribution in [0.25, 0.3) is 11.1 Å². The minimum absolute atomic E-state index is 0.0177. The summed E-state index contributed by atoms with van der Waals surface area (Å²) in [6.07, 6.45) is -3.38. The molecule has 1 aliphatic heterocycles. The molecule has 37 heavy (non-hydrogen) atoms. The van der Waals surface area contributed by atoms with E-state index in [4.69, 9.17) is 5.73 Å². The number of hydrogen-bond donors (Lipinski definition) is 2. The second-order valence-electron chi connectivity index (χ2n) is 8.36. The summed E-state index contributed by atoms with van der Waals surface area (Å²) in [6.45, 7) is 1.41. The molecule has 8 nitrogen and oxygen atoms in total. The van der Waals surface area contributed by atoms with E-state index in [1.165, 1.54) is 23.4 Å². The molecule has 0 radical (unpaired) electrons. The van der Waals surface area contributed by atoms with Crippen molar-refractivity contribution in [2.75, 3.05) is 5.73 Å². The first-order valence-corrected chi connectivity index (χ1v) is 12.1. The van der Waals surface area contributed by atoms with Gasteiger partial charge in [0.05, 0.1) is 12.2 Å². The molecule has 14 heteroatoms. The fourth-order valence-electron chi connectivity index (χ4n) is 3.88. The number of amides is 1. The van der Waals surface area contributed by atoms with E-state index in [1.54, 1.807) is 12.1 Å². The third kappa shape index (κ3) is 5.81. The van der Waals surface area contributed by atoms with Crippen LogP contribution in [0.3, 0.4) is 0 Å². The van der Waals surface area contributed by atoms with Crippen LogP contribution in [0.2, 0.25) is 0 Å². The lowest BCUT2D eigenvalue weighted by atomic mass is 10.0. The molecule has 1 saturated heterocycles. The minimum atomic E-state index is -4.67. The van der Waals surface area contributed by atoms with Crippen molar-refractivity contribution < 1.29 is 31.3 Å². The highest BCUT2D eigenvalue weighted by molar-refractivity contribution is 7.89. The number of alkyl halides is 4. The molecule has 196 valence electrons. The first-order valence-electron chi connectivity index (χ1n) is 11.0. The molecule has 1 fully saturated rings. The Morgan fingerprint density at radius 2 is 1.86 bits per heavy atom. The Hall–Kier alpha value is -3.36. The van der Waals surface area contributed by atoms with Gasteiger partial charge in [0.1, 0.15) is 29.4 Å². The summed E-state index contributed by atoms with van der Waals surface area (Å²) in [5.41, 5.74) is 7.53. The third-order valence-corrected chi connectivity index (χ3v) is 7.46. The normalized spacial score (nSPS) is 21.1. The largest absolute Gasteiger partial charge is 0.591 e. The van der Waals surface area contributed by atoms with E-state index in [0.29, 0.717) is 22.4 Å². The molecule has 0 saturated carbocycles. The summed E-state index contributed by atoms with van der Waals surface area (Å²) >= 11 is -2.02. The number of nitrogen functional groups attached to an aromatic ring is 1. The van der Waals surface area contributed by atoms with Crippen molar-refractivity contribution in [2.24, 2.45) is 0 Å². The van der Waals surface area contributed by atoms with E-state index >= 15 is 0 Å². The predicted molar refractivity (Wildman–Crippen MR) is 124 cm³/mol. The second-order valence-corrected chi connectivity index (χ2v) is 9.69. The van der Waals surface area contributed by atoms with Gasteiger partial charge in [-0.3, -0.25) is 4.79 Å². The molecule has 0 aliphatic carbocycles. The van der Waals surface area contributed by atoms with Crippen LogP contribution in [0, 0.1) is 5.82 Å². The van der Waals surface area contributed by atoms with Crippen molar-refractivity contribution in [3.8, 4) is 11.1 Å². The van der Waals surface area contributed by atoms with E-state index in [2.05, 4.69) is 20.3 Å². The molecular formula is C23H21F5N6O2S. The number of nitrogens with one attached hydrogen (secondary N) is 1. The van der Waals surface area contributed by atoms with Crippen LogP contribution in [-0.4, -0.2) is 48.0 Å². The monoisotopic (exact) mass is 540 g/mol. The summed E-state index contributed by atoms with van der Waals surface area (Å²) in [5, 5.41) is 2.64. The molecule has 3 aromatic rings. The average molecular weight is 541 g/mol. The van der Waals surface area contributed by atoms with Crippen LogP contribution in [0.1, 0.15) is 24.7 Å². The van der Waals surface area contributed by atoms with Gasteiger partial charge in [0.2, 0.25) is 11.7 Å². The molecule has 3 heterocycles. The van der Waals surface area contributed by atoms with Crippen LogP contribution in [0.4, 0.5) is 27.6 Å². The Balaban J connectivity index is 1.49. The van der Waals surface area contributed by atoms with Gasteiger partial charge in [-0.2, -0.15) is 13.2 Å². The fraction of sp³-hybridized carbons (Fsp3) is 0.304. The number of hydrogen-bond acceptors (Lipinski definition) is 7. The van der Waals surface area contributed by atoms with Crippen molar-refractivity contribution in [3.05, 3.63) is 66.1 Å². The smallest absolute Gasteiger partial charge is 0.451 e. The number of carbonyl (C=O) groups excluding carboxylic acids is 1. The molecule has 1 aromatic carbocycles. The zero-order valence-electron chi connectivity index (χ0n) is 19.2. The van der Waals surface area contributed by atoms with Gasteiger partial charge in [0, 0.05) is 42.7 Å². The van der Waals surface area contributed by atoms with E-state index in [0.717, 1.165) is 24.7 Å². The van der Waals surface area contributed by atoms with Gasteiger partial charge >= 0.3 is 6.18 Å². The quantitative estimate of drug-likeness (QED) is 0.279. The topological polar surface area (TPSA) is 120 Å². The van der Waals surface area contributed by atoms with Crippen molar-refractivity contribution in [3.63, 3.8) is 0 Å². The molecular weight excluding hydrogens is 519 g/mol. The lowest BCUT2D eigenvalue weighted by Gasteiger charge is -2.27. The highest BCUT2D eigenvalue weighted by atomic mass is 32.2. The van der Waals surface area contributed by atoms with E-state index in [1.807, 2.05) is 0 Å². The van der Waals surface area contributed by atoms with E-state index < -0.39 is 53.3 Å². The molecule has 4 rings (SSSR count). The number of benzene rings is 1. The van der Waals surface area contributed by atoms with E-state index in [-0.39, 0.29) is 18.0 Å². The van der Waals surface area contributed by atoms with Crippen LogP contribution < -0.4 is 11.1 Å². The molecule has 0 bridgehead atoms. The Bertz CT molecular complexity index is 1260. The van der Waals surface area contributed by atoms with Gasteiger partial charge < -0.3 is 15.6 Å². The minimum Gasteiger partial charge on any atom is -0.591 e. The average Bonchev–Trinajstić information content (AvgIpc) is 3.17. The van der Waals surface area contributed by atoms with Gasteiger partial charge in [-0.05, 0) is 36.2 Å². The van der Waals surface area contributed by atoms with Crippen LogP contribution in [-0.2, 0) is 28.9 Å².